The molecule has 0 bridgehead atoms. The molecule has 1 N–H and O–H groups in total. The number of halogens is 3. The molecule has 3 aromatic heterocycles. The number of rotatable bonds is 5. The molecule has 3 heterocycles. The lowest BCUT2D eigenvalue weighted by molar-refractivity contribution is -0.148. The van der Waals surface area contributed by atoms with E-state index in [1.165, 1.54) is 12.5 Å². The number of allylic oxidation sites excluding steroid dienone is 1. The molecule has 0 radical (unpaired) electrons. The van der Waals surface area contributed by atoms with E-state index in [0.717, 1.165) is 29.3 Å². The van der Waals surface area contributed by atoms with Gasteiger partial charge in [-0.05, 0) is 44.0 Å². The minimum Gasteiger partial charge on any atom is -0.374 e. The van der Waals surface area contributed by atoms with E-state index in [1.807, 2.05) is 32.1 Å². The molecule has 5 nitrogen and oxygen atoms in total. The van der Waals surface area contributed by atoms with Gasteiger partial charge in [-0.2, -0.15) is 18.3 Å². The van der Waals surface area contributed by atoms with Crippen LogP contribution in [-0.4, -0.2) is 31.8 Å². The molecule has 28 heavy (non-hydrogen) atoms. The molecule has 3 rings (SSSR count). The topological polar surface area (TPSA) is 55.1 Å². The quantitative estimate of drug-likeness (QED) is 0.705. The average molecular weight is 387 g/mol. The van der Waals surface area contributed by atoms with Crippen LogP contribution in [0, 0.1) is 6.92 Å². The van der Waals surface area contributed by atoms with Crippen LogP contribution in [0.2, 0.25) is 0 Å². The van der Waals surface area contributed by atoms with Gasteiger partial charge in [-0.25, -0.2) is 14.5 Å². The summed E-state index contributed by atoms with van der Waals surface area (Å²) in [6.45, 7) is 8.63. The normalized spacial score (nSPS) is 13.6. The molecule has 0 saturated heterocycles. The first-order valence-electron chi connectivity index (χ1n) is 8.66. The summed E-state index contributed by atoms with van der Waals surface area (Å²) in [5, 5.41) is 6.63. The van der Waals surface area contributed by atoms with Gasteiger partial charge in [0.25, 0.3) is 0 Å². The Morgan fingerprint density at radius 3 is 2.68 bits per heavy atom. The van der Waals surface area contributed by atoms with Crippen LogP contribution < -0.4 is 5.32 Å². The van der Waals surface area contributed by atoms with Crippen LogP contribution >= 0.6 is 0 Å². The summed E-state index contributed by atoms with van der Waals surface area (Å²) in [5.41, 5.74) is 4.85. The summed E-state index contributed by atoms with van der Waals surface area (Å²) in [4.78, 5) is 8.32. The highest BCUT2D eigenvalue weighted by Gasteiger charge is 2.36. The van der Waals surface area contributed by atoms with Crippen LogP contribution in [-0.2, 0) is 0 Å². The van der Waals surface area contributed by atoms with Crippen molar-refractivity contribution in [3.05, 3.63) is 72.1 Å². The maximum absolute atomic E-state index is 12.9. The highest BCUT2D eigenvalue weighted by molar-refractivity contribution is 5.84. The molecule has 0 aliphatic heterocycles. The number of nitrogens with zero attached hydrogens (tertiary/aromatic N) is 4. The van der Waals surface area contributed by atoms with Gasteiger partial charge in [-0.1, -0.05) is 12.7 Å². The molecule has 0 saturated carbocycles. The van der Waals surface area contributed by atoms with Crippen molar-refractivity contribution in [3.63, 3.8) is 0 Å². The number of alkyl halides is 3. The molecule has 0 aliphatic carbocycles. The summed E-state index contributed by atoms with van der Waals surface area (Å²) in [5.74, 6) is 0. The molecule has 0 aliphatic rings. The van der Waals surface area contributed by atoms with E-state index >= 15 is 0 Å². The van der Waals surface area contributed by atoms with E-state index < -0.39 is 12.2 Å². The predicted molar refractivity (Wildman–Crippen MR) is 102 cm³/mol. The molecule has 0 fully saturated rings. The third-order valence-corrected chi connectivity index (χ3v) is 4.53. The van der Waals surface area contributed by atoms with Gasteiger partial charge in [0.1, 0.15) is 12.4 Å². The molecule has 8 heteroatoms. The number of pyridine rings is 1. The zero-order valence-corrected chi connectivity index (χ0v) is 15.7. The number of hydrogen-bond acceptors (Lipinski definition) is 4. The molecule has 1 unspecified atom stereocenters. The lowest BCUT2D eigenvalue weighted by atomic mass is 9.98. The summed E-state index contributed by atoms with van der Waals surface area (Å²) in [6, 6.07) is 2.04. The van der Waals surface area contributed by atoms with Crippen LogP contribution in [0.5, 0.6) is 0 Å². The predicted octanol–water partition coefficient (Wildman–Crippen LogP) is 4.40. The number of hydrogen-bond donors (Lipinski definition) is 1. The Morgan fingerprint density at radius 1 is 1.29 bits per heavy atom. The fourth-order valence-corrected chi connectivity index (χ4v) is 2.93. The Hall–Kier alpha value is -3.16. The highest BCUT2D eigenvalue weighted by Crippen LogP contribution is 2.28. The minimum atomic E-state index is -4.36. The zero-order chi connectivity index (χ0) is 20.5. The van der Waals surface area contributed by atoms with E-state index in [-0.39, 0.29) is 5.70 Å². The third kappa shape index (κ3) is 3.76. The first-order valence-corrected chi connectivity index (χ1v) is 8.66. The van der Waals surface area contributed by atoms with Crippen molar-refractivity contribution in [2.45, 2.75) is 33.0 Å². The lowest BCUT2D eigenvalue weighted by Crippen LogP contribution is -2.38. The van der Waals surface area contributed by atoms with Crippen molar-refractivity contribution in [1.29, 1.82) is 0 Å². The smallest absolute Gasteiger partial charge is 0.374 e. The van der Waals surface area contributed by atoms with E-state index in [1.54, 1.807) is 16.9 Å². The molecule has 0 aromatic carbocycles. The number of nitrogens with one attached hydrogen (secondary N) is 1. The van der Waals surface area contributed by atoms with Gasteiger partial charge in [0.05, 0.1) is 11.7 Å². The van der Waals surface area contributed by atoms with Gasteiger partial charge in [0.2, 0.25) is 0 Å². The lowest BCUT2D eigenvalue weighted by Gasteiger charge is -2.19. The number of fused-ring (bicyclic) bond motifs is 1. The third-order valence-electron chi connectivity index (χ3n) is 4.53. The monoisotopic (exact) mass is 387 g/mol. The van der Waals surface area contributed by atoms with Crippen LogP contribution in [0.1, 0.15) is 36.2 Å². The minimum absolute atomic E-state index is 0.165. The number of aryl methyl sites for hydroxylation is 1. The molecule has 0 spiro atoms. The zero-order valence-electron chi connectivity index (χ0n) is 15.7. The largest absolute Gasteiger partial charge is 0.408 e. The molecular weight excluding hydrogens is 367 g/mol. The molecule has 1 atom stereocenters. The highest BCUT2D eigenvalue weighted by atomic mass is 19.4. The summed E-state index contributed by atoms with van der Waals surface area (Å²) in [7, 11) is 0. The first-order chi connectivity index (χ1) is 13.2. The Bertz CT molecular complexity index is 1050. The Labute approximate surface area is 160 Å². The van der Waals surface area contributed by atoms with Gasteiger partial charge in [-0.3, -0.25) is 0 Å². The van der Waals surface area contributed by atoms with Crippen LogP contribution in [0.15, 0.2) is 49.7 Å². The van der Waals surface area contributed by atoms with E-state index in [2.05, 4.69) is 27.0 Å². The van der Waals surface area contributed by atoms with Gasteiger partial charge in [0, 0.05) is 34.9 Å². The molecular formula is C20H20F3N5. The maximum atomic E-state index is 12.9. The van der Waals surface area contributed by atoms with Crippen molar-refractivity contribution >= 4 is 16.8 Å². The molecule has 146 valence electrons. The van der Waals surface area contributed by atoms with Gasteiger partial charge >= 0.3 is 6.18 Å². The Balaban J connectivity index is 2.01. The van der Waals surface area contributed by atoms with E-state index in [9.17, 15) is 13.2 Å². The van der Waals surface area contributed by atoms with Gasteiger partial charge < -0.3 is 5.32 Å². The summed E-state index contributed by atoms with van der Waals surface area (Å²) < 4.78 is 40.2. The second kappa shape index (κ2) is 7.46. The van der Waals surface area contributed by atoms with Crippen molar-refractivity contribution < 1.29 is 13.2 Å². The fraction of sp³-hybridized carbons (Fsp3) is 0.250. The average Bonchev–Trinajstić information content (AvgIpc) is 3.06. The number of aromatic nitrogens is 4. The van der Waals surface area contributed by atoms with Crippen LogP contribution in [0.25, 0.3) is 16.8 Å². The summed E-state index contributed by atoms with van der Waals surface area (Å²) >= 11 is 0. The Morgan fingerprint density at radius 2 is 2.04 bits per heavy atom. The van der Waals surface area contributed by atoms with Crippen LogP contribution in [0.4, 0.5) is 13.2 Å². The fourth-order valence-electron chi connectivity index (χ4n) is 2.93. The van der Waals surface area contributed by atoms with E-state index in [4.69, 9.17) is 0 Å². The van der Waals surface area contributed by atoms with Gasteiger partial charge in [-0.15, -0.1) is 0 Å². The van der Waals surface area contributed by atoms with Crippen molar-refractivity contribution in [3.8, 4) is 0 Å². The van der Waals surface area contributed by atoms with E-state index in [0.29, 0.717) is 11.1 Å². The molecule has 0 amide bonds. The molecule has 3 aromatic rings. The van der Waals surface area contributed by atoms with Crippen LogP contribution in [0.3, 0.4) is 0 Å². The summed E-state index contributed by atoms with van der Waals surface area (Å²) in [6.07, 6.45) is 4.08. The Kier molecular flexibility index (Phi) is 5.22. The first kappa shape index (κ1) is 19.6. The van der Waals surface area contributed by atoms with Gasteiger partial charge in [0.15, 0.2) is 0 Å². The standard InChI is InChI=1S/C20H20F3N5/c1-5-16(17-9-24-11-25-12(17)2)15-6-7-28-19(8-15)18(10-26-28)13(3)27-14(4)20(21,22)23/h5-11,14,27H,3H2,1-2,4H3/b16-5-. The van der Waals surface area contributed by atoms with Crippen molar-refractivity contribution in [1.82, 2.24) is 24.9 Å². The van der Waals surface area contributed by atoms with Crippen molar-refractivity contribution in [2.75, 3.05) is 0 Å². The maximum Gasteiger partial charge on any atom is 0.408 e. The second-order valence-electron chi connectivity index (χ2n) is 6.41. The van der Waals surface area contributed by atoms with Crippen molar-refractivity contribution in [2.24, 2.45) is 0 Å². The second-order valence-corrected chi connectivity index (χ2v) is 6.41. The SMILES string of the molecule is C=C(NC(C)C(F)(F)F)c1cnn2ccc(/C(=C/C)c3cncnc3C)cc12.